The number of nitrogens with zero attached hydrogens (tertiary/aromatic N) is 2. The number of para-hydroxylation sites is 1. The summed E-state index contributed by atoms with van der Waals surface area (Å²) in [4.78, 5) is 37.5. The van der Waals surface area contributed by atoms with Crippen LogP contribution in [0.4, 0.5) is 10.5 Å². The Balaban J connectivity index is 1.32. The minimum Gasteiger partial charge on any atom is -0.489 e. The van der Waals surface area contributed by atoms with E-state index < -0.39 is 16.1 Å². The molecule has 0 aromatic heterocycles. The van der Waals surface area contributed by atoms with Crippen LogP contribution in [0.5, 0.6) is 5.75 Å². The molecule has 0 spiro atoms. The molecule has 2 amide bonds. The number of benzene rings is 4. The maximum absolute atomic E-state index is 12.9. The van der Waals surface area contributed by atoms with E-state index in [0.29, 0.717) is 23.5 Å². The van der Waals surface area contributed by atoms with Gasteiger partial charge in [0.2, 0.25) is 0 Å². The minimum absolute atomic E-state index is 0.128. The van der Waals surface area contributed by atoms with Gasteiger partial charge >= 0.3 is 0 Å². The molecular formula is C28H20N2O5S. The number of carbonyl (C=O) groups is 2. The first-order chi connectivity index (χ1) is 17.5. The molecule has 1 aliphatic heterocycles. The van der Waals surface area contributed by atoms with E-state index in [9.17, 15) is 19.7 Å². The molecule has 0 aliphatic carbocycles. The predicted octanol–water partition coefficient (Wildman–Crippen LogP) is 6.56. The summed E-state index contributed by atoms with van der Waals surface area (Å²) >= 11 is 0.815. The zero-order valence-electron chi connectivity index (χ0n) is 19.0. The Kier molecular flexibility index (Phi) is 6.51. The number of hydrogen-bond donors (Lipinski definition) is 0. The summed E-state index contributed by atoms with van der Waals surface area (Å²) in [7, 11) is 0. The Labute approximate surface area is 211 Å². The molecular weight excluding hydrogens is 476 g/mol. The SMILES string of the molecule is O=C1S/C(=C\c2cccc(OCc3cccc4ccccc34)c2)C(=O)N1Cc1ccccc1[N+](=O)[O-]. The quantitative estimate of drug-likeness (QED) is 0.163. The molecule has 7 nitrogen and oxygen atoms in total. The van der Waals surface area contributed by atoms with Gasteiger partial charge < -0.3 is 4.74 Å². The molecule has 0 radical (unpaired) electrons. The van der Waals surface area contributed by atoms with Crippen LogP contribution >= 0.6 is 11.8 Å². The third kappa shape index (κ3) is 4.85. The molecule has 0 bridgehead atoms. The lowest BCUT2D eigenvalue weighted by molar-refractivity contribution is -0.385. The molecule has 0 saturated carbocycles. The predicted molar refractivity (Wildman–Crippen MR) is 139 cm³/mol. The lowest BCUT2D eigenvalue weighted by Crippen LogP contribution is -2.27. The zero-order valence-corrected chi connectivity index (χ0v) is 19.8. The van der Waals surface area contributed by atoms with Crippen LogP contribution in [0.2, 0.25) is 0 Å². The van der Waals surface area contributed by atoms with Crippen molar-refractivity contribution in [1.29, 1.82) is 0 Å². The molecule has 36 heavy (non-hydrogen) atoms. The molecule has 4 aromatic rings. The van der Waals surface area contributed by atoms with Gasteiger partial charge in [0.25, 0.3) is 16.8 Å². The zero-order chi connectivity index (χ0) is 25.1. The molecule has 1 fully saturated rings. The van der Waals surface area contributed by atoms with Crippen LogP contribution < -0.4 is 4.74 Å². The number of carbonyl (C=O) groups excluding carboxylic acids is 2. The van der Waals surface area contributed by atoms with Crippen LogP contribution in [-0.2, 0) is 17.9 Å². The van der Waals surface area contributed by atoms with Gasteiger partial charge in [0.1, 0.15) is 12.4 Å². The number of imide groups is 1. The number of thioether (sulfide) groups is 1. The van der Waals surface area contributed by atoms with E-state index in [-0.39, 0.29) is 17.1 Å². The first-order valence-corrected chi connectivity index (χ1v) is 12.0. The highest BCUT2D eigenvalue weighted by atomic mass is 32.2. The lowest BCUT2D eigenvalue weighted by atomic mass is 10.1. The number of nitro benzene ring substituents is 1. The highest BCUT2D eigenvalue weighted by Crippen LogP contribution is 2.35. The van der Waals surface area contributed by atoms with Crippen molar-refractivity contribution in [2.24, 2.45) is 0 Å². The van der Waals surface area contributed by atoms with Crippen LogP contribution in [0.25, 0.3) is 16.8 Å². The molecule has 4 aromatic carbocycles. The van der Waals surface area contributed by atoms with Crippen molar-refractivity contribution in [2.75, 3.05) is 0 Å². The second kappa shape index (κ2) is 10.1. The number of nitro groups is 1. The van der Waals surface area contributed by atoms with Gasteiger partial charge in [-0.05, 0) is 51.9 Å². The average Bonchev–Trinajstić information content (AvgIpc) is 3.15. The molecule has 0 atom stereocenters. The third-order valence-electron chi connectivity index (χ3n) is 5.82. The fourth-order valence-electron chi connectivity index (χ4n) is 4.05. The fourth-order valence-corrected chi connectivity index (χ4v) is 4.89. The summed E-state index contributed by atoms with van der Waals surface area (Å²) in [5.74, 6) is 0.154. The summed E-state index contributed by atoms with van der Waals surface area (Å²) in [6, 6.07) is 27.6. The van der Waals surface area contributed by atoms with E-state index in [4.69, 9.17) is 4.74 Å². The Morgan fingerprint density at radius 1 is 0.889 bits per heavy atom. The standard InChI is InChI=1S/C28H20N2O5S/c31-27-26(36-28(32)29(27)17-21-9-2-4-14-25(21)30(33)34)16-19-7-5-12-23(15-19)35-18-22-11-6-10-20-8-1-3-13-24(20)22/h1-16H,17-18H2/b26-16-. The van der Waals surface area contributed by atoms with Gasteiger partial charge in [-0.15, -0.1) is 0 Å². The van der Waals surface area contributed by atoms with Gasteiger partial charge in [0, 0.05) is 11.6 Å². The van der Waals surface area contributed by atoms with Crippen LogP contribution in [0.3, 0.4) is 0 Å². The van der Waals surface area contributed by atoms with Gasteiger partial charge in [-0.2, -0.15) is 0 Å². The third-order valence-corrected chi connectivity index (χ3v) is 6.73. The largest absolute Gasteiger partial charge is 0.489 e. The van der Waals surface area contributed by atoms with Gasteiger partial charge in [-0.25, -0.2) is 0 Å². The van der Waals surface area contributed by atoms with Crippen LogP contribution in [-0.4, -0.2) is 21.0 Å². The molecule has 1 heterocycles. The first kappa shape index (κ1) is 23.3. The summed E-state index contributed by atoms with van der Waals surface area (Å²) in [5, 5.41) is 13.1. The fraction of sp³-hybridized carbons (Fsp3) is 0.0714. The van der Waals surface area contributed by atoms with Gasteiger partial charge in [0.05, 0.1) is 16.4 Å². The second-order valence-corrected chi connectivity index (χ2v) is 9.15. The Bertz CT molecular complexity index is 1530. The topological polar surface area (TPSA) is 89.8 Å². The highest BCUT2D eigenvalue weighted by molar-refractivity contribution is 8.18. The van der Waals surface area contributed by atoms with Crippen molar-refractivity contribution in [3.8, 4) is 5.75 Å². The van der Waals surface area contributed by atoms with Crippen molar-refractivity contribution < 1.29 is 19.2 Å². The smallest absolute Gasteiger partial charge is 0.293 e. The van der Waals surface area contributed by atoms with E-state index in [1.165, 1.54) is 6.07 Å². The van der Waals surface area contributed by atoms with Crippen molar-refractivity contribution in [3.05, 3.63) is 123 Å². The Morgan fingerprint density at radius 2 is 1.61 bits per heavy atom. The van der Waals surface area contributed by atoms with E-state index in [2.05, 4.69) is 18.2 Å². The van der Waals surface area contributed by atoms with E-state index in [1.54, 1.807) is 30.3 Å². The normalized spacial score (nSPS) is 14.6. The van der Waals surface area contributed by atoms with Gasteiger partial charge in [0.15, 0.2) is 0 Å². The van der Waals surface area contributed by atoms with E-state index >= 15 is 0 Å². The Hall–Kier alpha value is -4.43. The van der Waals surface area contributed by atoms with Gasteiger partial charge in [-0.1, -0.05) is 72.8 Å². The van der Waals surface area contributed by atoms with Crippen molar-refractivity contribution in [2.45, 2.75) is 13.2 Å². The number of amides is 2. The molecule has 8 heteroatoms. The van der Waals surface area contributed by atoms with Crippen LogP contribution in [0, 0.1) is 10.1 Å². The van der Waals surface area contributed by atoms with Gasteiger partial charge in [-0.3, -0.25) is 24.6 Å². The van der Waals surface area contributed by atoms with E-state index in [0.717, 1.165) is 33.0 Å². The minimum atomic E-state index is -0.520. The molecule has 5 rings (SSSR count). The maximum atomic E-state index is 12.9. The first-order valence-electron chi connectivity index (χ1n) is 11.2. The summed E-state index contributed by atoms with van der Waals surface area (Å²) < 4.78 is 6.03. The Morgan fingerprint density at radius 3 is 2.47 bits per heavy atom. The van der Waals surface area contributed by atoms with Crippen LogP contribution in [0.15, 0.2) is 95.9 Å². The number of rotatable bonds is 7. The number of fused-ring (bicyclic) bond motifs is 1. The molecule has 178 valence electrons. The molecule has 1 aliphatic rings. The molecule has 0 unspecified atom stereocenters. The average molecular weight is 497 g/mol. The summed E-state index contributed by atoms with van der Waals surface area (Å²) in [6.07, 6.45) is 1.63. The molecule has 0 N–H and O–H groups in total. The summed E-state index contributed by atoms with van der Waals surface area (Å²) in [5.41, 5.74) is 1.95. The van der Waals surface area contributed by atoms with E-state index in [1.807, 2.05) is 42.5 Å². The van der Waals surface area contributed by atoms with Crippen molar-refractivity contribution >= 4 is 45.4 Å². The number of ether oxygens (including phenoxy) is 1. The molecule has 1 saturated heterocycles. The lowest BCUT2D eigenvalue weighted by Gasteiger charge is -2.12. The van der Waals surface area contributed by atoms with Crippen molar-refractivity contribution in [3.63, 3.8) is 0 Å². The van der Waals surface area contributed by atoms with Crippen molar-refractivity contribution in [1.82, 2.24) is 4.90 Å². The maximum Gasteiger partial charge on any atom is 0.293 e. The summed E-state index contributed by atoms with van der Waals surface area (Å²) in [6.45, 7) is 0.227. The van der Waals surface area contributed by atoms with Crippen LogP contribution in [0.1, 0.15) is 16.7 Å². The second-order valence-electron chi connectivity index (χ2n) is 8.15. The highest BCUT2D eigenvalue weighted by Gasteiger charge is 2.36. The number of hydrogen-bond acceptors (Lipinski definition) is 6. The monoisotopic (exact) mass is 496 g/mol.